The highest BCUT2D eigenvalue weighted by Gasteiger charge is 2.29. The van der Waals surface area contributed by atoms with Crippen LogP contribution in [0.5, 0.6) is 5.75 Å². The van der Waals surface area contributed by atoms with Gasteiger partial charge in [0.1, 0.15) is 12.3 Å². The second-order valence-corrected chi connectivity index (χ2v) is 4.61. The van der Waals surface area contributed by atoms with Crippen LogP contribution in [0.2, 0.25) is 0 Å². The summed E-state index contributed by atoms with van der Waals surface area (Å²) in [5.74, 6) is -0.512. The number of hydrogen-bond acceptors (Lipinski definition) is 6. The first-order chi connectivity index (χ1) is 9.88. The Kier molecular flexibility index (Phi) is 4.03. The molecule has 9 heteroatoms. The van der Waals surface area contributed by atoms with Crippen LogP contribution in [-0.4, -0.2) is 49.0 Å². The lowest BCUT2D eigenvalue weighted by Crippen LogP contribution is -2.47. The number of nitrogens with zero attached hydrogens (tertiary/aromatic N) is 3. The summed E-state index contributed by atoms with van der Waals surface area (Å²) in [5.41, 5.74) is 2.55. The molecule has 0 fully saturated rings. The lowest BCUT2D eigenvalue weighted by molar-refractivity contribution is -0.384. The van der Waals surface area contributed by atoms with E-state index in [-0.39, 0.29) is 24.5 Å². The average molecular weight is 294 g/mol. The fourth-order valence-corrected chi connectivity index (χ4v) is 1.91. The monoisotopic (exact) mass is 294 g/mol. The Labute approximate surface area is 120 Å². The van der Waals surface area contributed by atoms with Crippen LogP contribution in [0.3, 0.4) is 0 Å². The number of benzene rings is 1. The van der Waals surface area contributed by atoms with Crippen molar-refractivity contribution in [3.05, 3.63) is 28.3 Å². The lowest BCUT2D eigenvalue weighted by atomic mass is 10.2. The van der Waals surface area contributed by atoms with E-state index >= 15 is 0 Å². The molecule has 112 valence electrons. The van der Waals surface area contributed by atoms with Crippen LogP contribution in [0, 0.1) is 10.1 Å². The van der Waals surface area contributed by atoms with Crippen molar-refractivity contribution in [1.29, 1.82) is 0 Å². The number of anilines is 1. The summed E-state index contributed by atoms with van der Waals surface area (Å²) in [5, 5.41) is 12.3. The predicted molar refractivity (Wildman–Crippen MR) is 72.8 cm³/mol. The van der Waals surface area contributed by atoms with Crippen molar-refractivity contribution in [2.45, 2.75) is 0 Å². The molecule has 1 aromatic rings. The van der Waals surface area contributed by atoms with Gasteiger partial charge in [-0.05, 0) is 6.07 Å². The van der Waals surface area contributed by atoms with E-state index in [1.165, 1.54) is 28.1 Å². The Bertz CT molecular complexity index is 601. The van der Waals surface area contributed by atoms with E-state index in [1.54, 1.807) is 14.1 Å². The molecule has 0 aromatic heterocycles. The summed E-state index contributed by atoms with van der Waals surface area (Å²) >= 11 is 0. The summed E-state index contributed by atoms with van der Waals surface area (Å²) in [6.45, 7) is -0.450. The minimum atomic E-state index is -0.572. The number of carbonyl (C=O) groups excluding carboxylic acids is 2. The highest BCUT2D eigenvalue weighted by atomic mass is 16.6. The van der Waals surface area contributed by atoms with E-state index < -0.39 is 16.7 Å². The van der Waals surface area contributed by atoms with Crippen LogP contribution in [0.15, 0.2) is 18.2 Å². The van der Waals surface area contributed by atoms with Crippen molar-refractivity contribution < 1.29 is 19.2 Å². The van der Waals surface area contributed by atoms with Crippen LogP contribution in [0.4, 0.5) is 11.4 Å². The van der Waals surface area contributed by atoms with Crippen molar-refractivity contribution in [2.24, 2.45) is 0 Å². The highest BCUT2D eigenvalue weighted by molar-refractivity contribution is 6.02. The zero-order valence-corrected chi connectivity index (χ0v) is 11.5. The van der Waals surface area contributed by atoms with Gasteiger partial charge in [0.25, 0.3) is 17.5 Å². The first-order valence-electron chi connectivity index (χ1n) is 6.07. The second kappa shape index (κ2) is 5.75. The third kappa shape index (κ3) is 3.26. The molecule has 0 aliphatic carbocycles. The molecule has 1 N–H and O–H groups in total. The van der Waals surface area contributed by atoms with Gasteiger partial charge in [-0.15, -0.1) is 0 Å². The molecule has 2 amide bonds. The molecule has 1 heterocycles. The predicted octanol–water partition coefficient (Wildman–Crippen LogP) is -0.0870. The number of hydrogen-bond donors (Lipinski definition) is 1. The quantitative estimate of drug-likeness (QED) is 0.615. The largest absolute Gasteiger partial charge is 0.482 e. The second-order valence-electron chi connectivity index (χ2n) is 4.61. The summed E-state index contributed by atoms with van der Waals surface area (Å²) in [6, 6.07) is 3.92. The van der Waals surface area contributed by atoms with Crippen LogP contribution in [0.1, 0.15) is 0 Å². The third-order valence-corrected chi connectivity index (χ3v) is 2.75. The molecule has 0 unspecified atom stereocenters. The molecule has 2 rings (SSSR count). The molecule has 0 saturated heterocycles. The zero-order valence-electron chi connectivity index (χ0n) is 11.5. The maximum absolute atomic E-state index is 11.9. The first-order valence-corrected chi connectivity index (χ1v) is 6.07. The van der Waals surface area contributed by atoms with E-state index in [0.29, 0.717) is 5.75 Å². The molecule has 0 radical (unpaired) electrons. The van der Waals surface area contributed by atoms with Crippen molar-refractivity contribution in [3.63, 3.8) is 0 Å². The highest BCUT2D eigenvalue weighted by Crippen LogP contribution is 2.34. The van der Waals surface area contributed by atoms with Gasteiger partial charge in [0, 0.05) is 26.2 Å². The van der Waals surface area contributed by atoms with Gasteiger partial charge in [-0.1, -0.05) is 0 Å². The Morgan fingerprint density at radius 2 is 2.24 bits per heavy atom. The minimum Gasteiger partial charge on any atom is -0.482 e. The number of fused-ring (bicyclic) bond motifs is 1. The van der Waals surface area contributed by atoms with E-state index in [1.807, 2.05) is 0 Å². The van der Waals surface area contributed by atoms with Gasteiger partial charge in [0.05, 0.1) is 10.6 Å². The number of nitro groups is 1. The minimum absolute atomic E-state index is 0.176. The lowest BCUT2D eigenvalue weighted by Gasteiger charge is -2.29. The topological polar surface area (TPSA) is 105 Å². The first kappa shape index (κ1) is 14.7. The Hall–Kier alpha value is -2.68. The van der Waals surface area contributed by atoms with Gasteiger partial charge in [-0.3, -0.25) is 30.0 Å². The van der Waals surface area contributed by atoms with Gasteiger partial charge in [0.15, 0.2) is 6.61 Å². The molecule has 21 heavy (non-hydrogen) atoms. The number of rotatable bonds is 4. The number of amides is 2. The van der Waals surface area contributed by atoms with Crippen LogP contribution >= 0.6 is 0 Å². The number of nitrogens with one attached hydrogen (secondary N) is 1. The summed E-state index contributed by atoms with van der Waals surface area (Å²) in [7, 11) is 3.27. The smallest absolute Gasteiger partial charge is 0.271 e. The number of non-ortho nitro benzene ring substituents is 1. The van der Waals surface area contributed by atoms with Gasteiger partial charge < -0.3 is 4.74 Å². The van der Waals surface area contributed by atoms with Crippen LogP contribution in [0.25, 0.3) is 0 Å². The molecule has 0 bridgehead atoms. The Balaban J connectivity index is 2.30. The van der Waals surface area contributed by atoms with Crippen molar-refractivity contribution in [1.82, 2.24) is 10.4 Å². The molecule has 1 aromatic carbocycles. The average Bonchev–Trinajstić information content (AvgIpc) is 2.40. The van der Waals surface area contributed by atoms with Crippen molar-refractivity contribution >= 4 is 23.2 Å². The fourth-order valence-electron chi connectivity index (χ4n) is 1.91. The summed E-state index contributed by atoms with van der Waals surface area (Å²) < 4.78 is 5.21. The number of nitro benzene ring substituents is 1. The van der Waals surface area contributed by atoms with Crippen molar-refractivity contribution in [3.8, 4) is 5.75 Å². The molecule has 1 aliphatic rings. The molecule has 9 nitrogen and oxygen atoms in total. The Morgan fingerprint density at radius 1 is 1.52 bits per heavy atom. The maximum Gasteiger partial charge on any atom is 0.271 e. The van der Waals surface area contributed by atoms with E-state index in [2.05, 4.69) is 5.43 Å². The molecule has 1 aliphatic heterocycles. The van der Waals surface area contributed by atoms with E-state index in [9.17, 15) is 19.7 Å². The van der Waals surface area contributed by atoms with Crippen molar-refractivity contribution in [2.75, 3.05) is 32.1 Å². The maximum atomic E-state index is 11.9. The zero-order chi connectivity index (χ0) is 15.6. The van der Waals surface area contributed by atoms with Gasteiger partial charge >= 0.3 is 0 Å². The van der Waals surface area contributed by atoms with Gasteiger partial charge in [0.2, 0.25) is 0 Å². The van der Waals surface area contributed by atoms with E-state index in [4.69, 9.17) is 4.74 Å². The van der Waals surface area contributed by atoms with E-state index in [0.717, 1.165) is 0 Å². The summed E-state index contributed by atoms with van der Waals surface area (Å²) in [6.07, 6.45) is 0. The third-order valence-electron chi connectivity index (χ3n) is 2.75. The van der Waals surface area contributed by atoms with Gasteiger partial charge in [-0.25, -0.2) is 5.01 Å². The number of hydrazine groups is 1. The van der Waals surface area contributed by atoms with Crippen LogP contribution < -0.4 is 15.1 Å². The molecular formula is C12H14N4O5. The van der Waals surface area contributed by atoms with Crippen LogP contribution in [-0.2, 0) is 9.59 Å². The molecule has 0 atom stereocenters. The normalized spacial score (nSPS) is 13.7. The molecule has 0 saturated carbocycles. The number of carbonyl (C=O) groups is 2. The SMILES string of the molecule is CN(C)NC(=O)CN1C(=O)COc2ccc([N+](=O)[O-])cc21. The Morgan fingerprint density at radius 3 is 2.86 bits per heavy atom. The standard InChI is InChI=1S/C12H14N4O5/c1-14(2)13-11(17)6-15-9-5-8(16(19)20)3-4-10(9)21-7-12(15)18/h3-5H,6-7H2,1-2H3,(H,13,17). The fraction of sp³-hybridized carbons (Fsp3) is 0.333. The summed E-state index contributed by atoms with van der Waals surface area (Å²) in [4.78, 5) is 35.1. The number of ether oxygens (including phenoxy) is 1. The van der Waals surface area contributed by atoms with Gasteiger partial charge in [-0.2, -0.15) is 0 Å². The molecule has 0 spiro atoms. The molecular weight excluding hydrogens is 280 g/mol.